The molecule has 3 N–H and O–H groups in total. The molecule has 29 heavy (non-hydrogen) atoms. The van der Waals surface area contributed by atoms with Crippen LogP contribution in [0.1, 0.15) is 19.4 Å². The van der Waals surface area contributed by atoms with Crippen molar-refractivity contribution in [1.29, 1.82) is 0 Å². The number of hydrogen-bond acceptors (Lipinski definition) is 4. The van der Waals surface area contributed by atoms with Crippen LogP contribution in [0.3, 0.4) is 0 Å². The number of aliphatic imine (C=N–C) groups is 1. The predicted molar refractivity (Wildman–Crippen MR) is 112 cm³/mol. The van der Waals surface area contributed by atoms with Crippen molar-refractivity contribution in [3.8, 4) is 17.4 Å². The van der Waals surface area contributed by atoms with Crippen LogP contribution in [0.5, 0.6) is 17.4 Å². The molecule has 0 aliphatic carbocycles. The van der Waals surface area contributed by atoms with Gasteiger partial charge in [-0.15, -0.1) is 0 Å². The summed E-state index contributed by atoms with van der Waals surface area (Å²) in [6.07, 6.45) is 1.75. The van der Waals surface area contributed by atoms with E-state index in [1.807, 2.05) is 44.2 Å². The zero-order valence-corrected chi connectivity index (χ0v) is 16.3. The van der Waals surface area contributed by atoms with Gasteiger partial charge < -0.3 is 20.5 Å². The molecule has 0 saturated carbocycles. The third-order valence-corrected chi connectivity index (χ3v) is 3.77. The van der Waals surface area contributed by atoms with Crippen LogP contribution < -0.4 is 20.5 Å². The summed E-state index contributed by atoms with van der Waals surface area (Å²) in [6.45, 7) is 4.31. The number of nitrogens with zero attached hydrogens (tertiary/aromatic N) is 2. The number of nitrogens with two attached hydrogens (primary N) is 1. The number of halogens is 1. The molecule has 3 rings (SSSR count). The van der Waals surface area contributed by atoms with E-state index in [-0.39, 0.29) is 11.9 Å². The van der Waals surface area contributed by atoms with Crippen molar-refractivity contribution in [3.05, 3.63) is 78.2 Å². The molecule has 0 atom stereocenters. The van der Waals surface area contributed by atoms with E-state index in [2.05, 4.69) is 15.3 Å². The third kappa shape index (κ3) is 6.49. The number of rotatable bonds is 7. The minimum atomic E-state index is -0.321. The maximum absolute atomic E-state index is 13.0. The monoisotopic (exact) mass is 394 g/mol. The van der Waals surface area contributed by atoms with Gasteiger partial charge in [0.2, 0.25) is 5.88 Å². The number of guanidine groups is 1. The highest BCUT2D eigenvalue weighted by atomic mass is 19.1. The van der Waals surface area contributed by atoms with Crippen LogP contribution in [-0.2, 0) is 6.54 Å². The summed E-state index contributed by atoms with van der Waals surface area (Å²) in [5.41, 5.74) is 7.67. The lowest BCUT2D eigenvalue weighted by atomic mass is 10.2. The average molecular weight is 394 g/mol. The Bertz CT molecular complexity index is 957. The lowest BCUT2D eigenvalue weighted by Gasteiger charge is -2.11. The third-order valence-electron chi connectivity index (χ3n) is 3.77. The molecule has 0 saturated heterocycles. The summed E-state index contributed by atoms with van der Waals surface area (Å²) < 4.78 is 24.2. The molecule has 150 valence electrons. The second-order valence-corrected chi connectivity index (χ2v) is 6.58. The number of anilines is 1. The first-order valence-electron chi connectivity index (χ1n) is 9.20. The number of ether oxygens (including phenoxy) is 2. The molecule has 0 fully saturated rings. The highest BCUT2D eigenvalue weighted by Crippen LogP contribution is 2.21. The fourth-order valence-electron chi connectivity index (χ4n) is 2.48. The average Bonchev–Trinajstić information content (AvgIpc) is 2.70. The molecule has 1 heterocycles. The molecule has 0 aliphatic rings. The first-order chi connectivity index (χ1) is 14.0. The van der Waals surface area contributed by atoms with Gasteiger partial charge in [-0.3, -0.25) is 0 Å². The Morgan fingerprint density at radius 1 is 1.07 bits per heavy atom. The lowest BCUT2D eigenvalue weighted by molar-refractivity contribution is 0.242. The van der Waals surface area contributed by atoms with Crippen molar-refractivity contribution in [1.82, 2.24) is 4.98 Å². The van der Waals surface area contributed by atoms with Gasteiger partial charge in [0.05, 0.1) is 12.6 Å². The van der Waals surface area contributed by atoms with Crippen molar-refractivity contribution in [2.75, 3.05) is 5.32 Å². The Balaban J connectivity index is 1.58. The van der Waals surface area contributed by atoms with Crippen LogP contribution in [0.25, 0.3) is 0 Å². The Hall–Kier alpha value is -3.61. The van der Waals surface area contributed by atoms with Crippen LogP contribution in [-0.4, -0.2) is 17.0 Å². The zero-order valence-electron chi connectivity index (χ0n) is 16.3. The van der Waals surface area contributed by atoms with Crippen molar-refractivity contribution >= 4 is 11.6 Å². The molecule has 6 nitrogen and oxygen atoms in total. The number of nitrogens with one attached hydrogen (secondary N) is 1. The van der Waals surface area contributed by atoms with E-state index in [0.717, 1.165) is 17.0 Å². The van der Waals surface area contributed by atoms with Gasteiger partial charge in [-0.2, -0.15) is 0 Å². The van der Waals surface area contributed by atoms with E-state index in [1.165, 1.54) is 12.1 Å². The Kier molecular flexibility index (Phi) is 6.63. The molecular formula is C22H23FN4O2. The van der Waals surface area contributed by atoms with Gasteiger partial charge in [0, 0.05) is 18.0 Å². The highest BCUT2D eigenvalue weighted by Gasteiger charge is 2.03. The summed E-state index contributed by atoms with van der Waals surface area (Å²) in [7, 11) is 0. The number of hydrogen-bond donors (Lipinski definition) is 2. The molecule has 0 bridgehead atoms. The van der Waals surface area contributed by atoms with Crippen molar-refractivity contribution < 1.29 is 13.9 Å². The Morgan fingerprint density at radius 2 is 1.76 bits per heavy atom. The molecule has 2 aromatic carbocycles. The van der Waals surface area contributed by atoms with E-state index in [0.29, 0.717) is 24.1 Å². The van der Waals surface area contributed by atoms with Crippen molar-refractivity contribution in [2.45, 2.75) is 26.5 Å². The van der Waals surface area contributed by atoms with Crippen LogP contribution >= 0.6 is 0 Å². The SMILES string of the molecule is CC(C)Oc1ccc(NC(N)=NCc2ccnc(Oc3ccc(F)cc3)c2)cc1. The molecule has 0 unspecified atom stereocenters. The highest BCUT2D eigenvalue weighted by molar-refractivity contribution is 5.92. The molecule has 7 heteroatoms. The maximum atomic E-state index is 13.0. The second kappa shape index (κ2) is 9.54. The minimum absolute atomic E-state index is 0.123. The molecule has 3 aromatic rings. The molecule has 1 aromatic heterocycles. The number of benzene rings is 2. The van der Waals surface area contributed by atoms with E-state index < -0.39 is 0 Å². The van der Waals surface area contributed by atoms with Gasteiger partial charge in [-0.05, 0) is 74.0 Å². The first kappa shape index (κ1) is 20.1. The summed E-state index contributed by atoms with van der Waals surface area (Å²) in [6, 6.07) is 16.8. The van der Waals surface area contributed by atoms with E-state index in [4.69, 9.17) is 15.2 Å². The van der Waals surface area contributed by atoms with Gasteiger partial charge in [0.1, 0.15) is 17.3 Å². The van der Waals surface area contributed by atoms with E-state index in [1.54, 1.807) is 24.4 Å². The fraction of sp³-hybridized carbons (Fsp3) is 0.182. The lowest BCUT2D eigenvalue weighted by Crippen LogP contribution is -2.22. The van der Waals surface area contributed by atoms with Crippen molar-refractivity contribution in [3.63, 3.8) is 0 Å². The Morgan fingerprint density at radius 3 is 2.45 bits per heavy atom. The summed E-state index contributed by atoms with van der Waals surface area (Å²) in [4.78, 5) is 8.50. The molecule has 0 aliphatic heterocycles. The second-order valence-electron chi connectivity index (χ2n) is 6.58. The predicted octanol–water partition coefficient (Wildman–Crippen LogP) is 4.73. The smallest absolute Gasteiger partial charge is 0.219 e. The van der Waals surface area contributed by atoms with Crippen LogP contribution in [0.2, 0.25) is 0 Å². The van der Waals surface area contributed by atoms with Crippen molar-refractivity contribution in [2.24, 2.45) is 10.7 Å². The zero-order chi connectivity index (χ0) is 20.6. The standard InChI is InChI=1S/C22H23FN4O2/c1-15(2)28-19-9-5-18(6-10-19)27-22(24)26-14-16-11-12-25-21(13-16)29-20-7-3-17(23)4-8-20/h3-13,15H,14H2,1-2H3,(H3,24,26,27). The number of aromatic nitrogens is 1. The minimum Gasteiger partial charge on any atom is -0.491 e. The van der Waals surface area contributed by atoms with E-state index >= 15 is 0 Å². The van der Waals surface area contributed by atoms with Gasteiger partial charge in [-0.1, -0.05) is 0 Å². The summed E-state index contributed by atoms with van der Waals surface area (Å²) >= 11 is 0. The van der Waals surface area contributed by atoms with Gasteiger partial charge in [-0.25, -0.2) is 14.4 Å². The molecule has 0 spiro atoms. The first-order valence-corrected chi connectivity index (χ1v) is 9.20. The summed E-state index contributed by atoms with van der Waals surface area (Å²) in [5.74, 6) is 1.67. The Labute approximate surface area is 169 Å². The summed E-state index contributed by atoms with van der Waals surface area (Å²) in [5, 5.41) is 3.04. The normalized spacial score (nSPS) is 11.4. The van der Waals surface area contributed by atoms with Gasteiger partial charge >= 0.3 is 0 Å². The quantitative estimate of drug-likeness (QED) is 0.447. The maximum Gasteiger partial charge on any atom is 0.219 e. The van der Waals surface area contributed by atoms with Gasteiger partial charge in [0.25, 0.3) is 0 Å². The topological polar surface area (TPSA) is 81.8 Å². The van der Waals surface area contributed by atoms with E-state index in [9.17, 15) is 4.39 Å². The van der Waals surface area contributed by atoms with Gasteiger partial charge in [0.15, 0.2) is 5.96 Å². The molecule has 0 amide bonds. The number of pyridine rings is 1. The van der Waals surface area contributed by atoms with Crippen LogP contribution in [0.15, 0.2) is 71.9 Å². The van der Waals surface area contributed by atoms with Crippen LogP contribution in [0, 0.1) is 5.82 Å². The van der Waals surface area contributed by atoms with Crippen LogP contribution in [0.4, 0.5) is 10.1 Å². The fourth-order valence-corrected chi connectivity index (χ4v) is 2.48. The molecule has 0 radical (unpaired) electrons. The molecular weight excluding hydrogens is 371 g/mol. The largest absolute Gasteiger partial charge is 0.491 e.